The molecule has 0 amide bonds. The molecule has 1 aliphatic heterocycles. The van der Waals surface area contributed by atoms with Crippen LogP contribution >= 0.6 is 0 Å². The normalized spacial score (nSPS) is 14.1. The first kappa shape index (κ1) is 16.6. The number of hydrogen-bond acceptors (Lipinski definition) is 4. The van der Waals surface area contributed by atoms with Gasteiger partial charge in [-0.05, 0) is 47.5 Å². The first-order valence-electron chi connectivity index (χ1n) is 8.42. The number of benzene rings is 3. The van der Waals surface area contributed by atoms with Crippen molar-refractivity contribution in [2.24, 2.45) is 0 Å². The summed E-state index contributed by atoms with van der Waals surface area (Å²) < 4.78 is 11.2. The molecule has 0 aliphatic carbocycles. The van der Waals surface area contributed by atoms with Gasteiger partial charge >= 0.3 is 0 Å². The molecule has 0 N–H and O–H groups in total. The molecule has 0 atom stereocenters. The van der Waals surface area contributed by atoms with E-state index in [9.17, 15) is 4.79 Å². The van der Waals surface area contributed by atoms with Crippen LogP contribution in [0, 0.1) is 11.3 Å². The van der Waals surface area contributed by atoms with Gasteiger partial charge in [0.15, 0.2) is 5.76 Å². The van der Waals surface area contributed by atoms with Gasteiger partial charge in [-0.15, -0.1) is 0 Å². The number of para-hydroxylation sites is 1. The second kappa shape index (κ2) is 6.81. The van der Waals surface area contributed by atoms with Gasteiger partial charge < -0.3 is 9.47 Å². The van der Waals surface area contributed by atoms with Crippen molar-refractivity contribution in [1.82, 2.24) is 0 Å². The topological polar surface area (TPSA) is 59.3 Å². The smallest absolute Gasteiger partial charge is 0.232 e. The molecule has 0 radical (unpaired) electrons. The molecule has 4 heteroatoms. The van der Waals surface area contributed by atoms with Crippen LogP contribution in [-0.4, -0.2) is 12.9 Å². The quantitative estimate of drug-likeness (QED) is 0.646. The van der Waals surface area contributed by atoms with Crippen molar-refractivity contribution in [1.29, 1.82) is 5.26 Å². The molecular weight excluding hydrogens is 338 g/mol. The Labute approximate surface area is 156 Å². The van der Waals surface area contributed by atoms with E-state index in [1.165, 1.54) is 0 Å². The van der Waals surface area contributed by atoms with Crippen LogP contribution in [0.4, 0.5) is 0 Å². The number of carbonyl (C=O) groups excluding carboxylic acids is 1. The molecule has 1 heterocycles. The highest BCUT2D eigenvalue weighted by Crippen LogP contribution is 2.37. The first-order valence-corrected chi connectivity index (χ1v) is 8.42. The van der Waals surface area contributed by atoms with E-state index in [1.54, 1.807) is 31.4 Å². The Hall–Kier alpha value is -3.84. The molecule has 130 valence electrons. The summed E-state index contributed by atoms with van der Waals surface area (Å²) in [4.78, 5) is 13.0. The van der Waals surface area contributed by atoms with Gasteiger partial charge in [0.1, 0.15) is 11.5 Å². The van der Waals surface area contributed by atoms with E-state index in [-0.39, 0.29) is 11.5 Å². The third-order valence-electron chi connectivity index (χ3n) is 4.46. The standard InChI is InChI=1S/C23H15NO3/c1-26-18-12-10-17(11-13-18)21(16-8-6-15(14-24)7-9-16)23-22(25)19-4-2-3-5-20(19)27-23/h2-13H,1H3/b23-21-. The Balaban J connectivity index is 1.91. The second-order valence-corrected chi connectivity index (χ2v) is 6.05. The number of fused-ring (bicyclic) bond motifs is 1. The van der Waals surface area contributed by atoms with Crippen molar-refractivity contribution in [2.45, 2.75) is 0 Å². The Morgan fingerprint density at radius 3 is 2.15 bits per heavy atom. The van der Waals surface area contributed by atoms with Crippen molar-refractivity contribution in [2.75, 3.05) is 7.11 Å². The fourth-order valence-electron chi connectivity index (χ4n) is 3.08. The number of carbonyl (C=O) groups is 1. The lowest BCUT2D eigenvalue weighted by Crippen LogP contribution is -2.05. The highest BCUT2D eigenvalue weighted by molar-refractivity contribution is 6.17. The van der Waals surface area contributed by atoms with Crippen LogP contribution in [0.1, 0.15) is 27.0 Å². The molecule has 0 saturated heterocycles. The minimum Gasteiger partial charge on any atom is -0.497 e. The van der Waals surface area contributed by atoms with Crippen LogP contribution < -0.4 is 9.47 Å². The van der Waals surface area contributed by atoms with Gasteiger partial charge in [0.2, 0.25) is 5.78 Å². The van der Waals surface area contributed by atoms with Gasteiger partial charge in [-0.1, -0.05) is 36.4 Å². The predicted molar refractivity (Wildman–Crippen MR) is 102 cm³/mol. The lowest BCUT2D eigenvalue weighted by atomic mass is 9.94. The SMILES string of the molecule is COc1ccc(/C(=C2\Oc3ccccc3C2=O)c2ccc(C#N)cc2)cc1. The summed E-state index contributed by atoms with van der Waals surface area (Å²) in [6.07, 6.45) is 0. The van der Waals surface area contributed by atoms with E-state index in [4.69, 9.17) is 14.7 Å². The molecule has 0 bridgehead atoms. The van der Waals surface area contributed by atoms with E-state index in [0.717, 1.165) is 16.9 Å². The highest BCUT2D eigenvalue weighted by Gasteiger charge is 2.31. The summed E-state index contributed by atoms with van der Waals surface area (Å²) in [5, 5.41) is 9.06. The number of allylic oxidation sites excluding steroid dienone is 1. The van der Waals surface area contributed by atoms with Gasteiger partial charge in [-0.25, -0.2) is 0 Å². The maximum atomic E-state index is 13.0. The third kappa shape index (κ3) is 2.96. The second-order valence-electron chi connectivity index (χ2n) is 6.05. The highest BCUT2D eigenvalue weighted by atomic mass is 16.5. The average Bonchev–Trinajstić information content (AvgIpc) is 3.06. The molecule has 3 aromatic rings. The lowest BCUT2D eigenvalue weighted by molar-refractivity contribution is 0.101. The van der Waals surface area contributed by atoms with Crippen molar-refractivity contribution in [3.05, 3.63) is 101 Å². The maximum absolute atomic E-state index is 13.0. The van der Waals surface area contributed by atoms with Crippen molar-refractivity contribution < 1.29 is 14.3 Å². The number of hydrogen-bond donors (Lipinski definition) is 0. The Morgan fingerprint density at radius 1 is 0.926 bits per heavy atom. The average molecular weight is 353 g/mol. The molecule has 0 unspecified atom stereocenters. The lowest BCUT2D eigenvalue weighted by Gasteiger charge is -2.12. The van der Waals surface area contributed by atoms with E-state index < -0.39 is 0 Å². The first-order chi connectivity index (χ1) is 13.2. The van der Waals surface area contributed by atoms with E-state index in [0.29, 0.717) is 22.4 Å². The Morgan fingerprint density at radius 2 is 1.56 bits per heavy atom. The molecule has 3 aromatic carbocycles. The third-order valence-corrected chi connectivity index (χ3v) is 4.46. The van der Waals surface area contributed by atoms with Gasteiger partial charge in [0, 0.05) is 5.57 Å². The summed E-state index contributed by atoms with van der Waals surface area (Å²) in [7, 11) is 1.61. The molecule has 1 aliphatic rings. The summed E-state index contributed by atoms with van der Waals surface area (Å²) >= 11 is 0. The molecule has 4 rings (SSSR count). The number of methoxy groups -OCH3 is 1. The van der Waals surface area contributed by atoms with Crippen LogP contribution in [0.25, 0.3) is 5.57 Å². The minimum atomic E-state index is -0.152. The van der Waals surface area contributed by atoms with E-state index in [1.807, 2.05) is 48.5 Å². The molecule has 27 heavy (non-hydrogen) atoms. The zero-order valence-corrected chi connectivity index (χ0v) is 14.6. The predicted octanol–water partition coefficient (Wildman–Crippen LogP) is 4.60. The van der Waals surface area contributed by atoms with Crippen LogP contribution in [0.2, 0.25) is 0 Å². The zero-order valence-electron chi connectivity index (χ0n) is 14.6. The Bertz CT molecular complexity index is 1090. The van der Waals surface area contributed by atoms with Crippen molar-refractivity contribution in [3.63, 3.8) is 0 Å². The molecule has 0 fully saturated rings. The molecule has 0 spiro atoms. The van der Waals surface area contributed by atoms with E-state index >= 15 is 0 Å². The van der Waals surface area contributed by atoms with Crippen LogP contribution in [0.3, 0.4) is 0 Å². The Kier molecular flexibility index (Phi) is 4.19. The van der Waals surface area contributed by atoms with Crippen LogP contribution in [0.15, 0.2) is 78.6 Å². The number of nitrogens with zero attached hydrogens (tertiary/aromatic N) is 1. The number of nitriles is 1. The fraction of sp³-hybridized carbons (Fsp3) is 0.0435. The fourth-order valence-corrected chi connectivity index (χ4v) is 3.08. The maximum Gasteiger partial charge on any atom is 0.232 e. The molecular formula is C23H15NO3. The summed E-state index contributed by atoms with van der Waals surface area (Å²) in [5.74, 6) is 1.41. The summed E-state index contributed by atoms with van der Waals surface area (Å²) in [6.45, 7) is 0. The van der Waals surface area contributed by atoms with Gasteiger partial charge in [0.05, 0.1) is 24.3 Å². The number of ether oxygens (including phenoxy) is 2. The molecule has 4 nitrogen and oxygen atoms in total. The number of ketones is 1. The van der Waals surface area contributed by atoms with Crippen LogP contribution in [-0.2, 0) is 0 Å². The summed E-state index contributed by atoms with van der Waals surface area (Å²) in [5.41, 5.74) is 3.42. The van der Waals surface area contributed by atoms with E-state index in [2.05, 4.69) is 6.07 Å². The summed E-state index contributed by atoms with van der Waals surface area (Å²) in [6, 6.07) is 23.9. The van der Waals surface area contributed by atoms with Gasteiger partial charge in [-0.2, -0.15) is 5.26 Å². The van der Waals surface area contributed by atoms with Crippen molar-refractivity contribution >= 4 is 11.4 Å². The minimum absolute atomic E-state index is 0.152. The largest absolute Gasteiger partial charge is 0.497 e. The van der Waals surface area contributed by atoms with Crippen molar-refractivity contribution in [3.8, 4) is 17.6 Å². The molecule has 0 saturated carbocycles. The molecule has 0 aromatic heterocycles. The number of Topliss-reactive ketones (excluding diaryl/α,β-unsaturated/α-hetero) is 1. The van der Waals surface area contributed by atoms with Gasteiger partial charge in [0.25, 0.3) is 0 Å². The zero-order chi connectivity index (χ0) is 18.8. The van der Waals surface area contributed by atoms with Crippen LogP contribution in [0.5, 0.6) is 11.5 Å². The van der Waals surface area contributed by atoms with Gasteiger partial charge in [-0.3, -0.25) is 4.79 Å². The monoisotopic (exact) mass is 353 g/mol. The number of rotatable bonds is 3.